The van der Waals surface area contributed by atoms with E-state index in [0.29, 0.717) is 24.7 Å². The fourth-order valence-corrected chi connectivity index (χ4v) is 3.47. The van der Waals surface area contributed by atoms with Gasteiger partial charge in [0.2, 0.25) is 0 Å². The van der Waals surface area contributed by atoms with Crippen molar-refractivity contribution in [3.63, 3.8) is 0 Å². The summed E-state index contributed by atoms with van der Waals surface area (Å²) in [6.45, 7) is 1.05. The predicted octanol–water partition coefficient (Wildman–Crippen LogP) is 4.40. The molecule has 2 aromatic carbocycles. The Balaban J connectivity index is 1.43. The second-order valence-electron chi connectivity index (χ2n) is 6.42. The highest BCUT2D eigenvalue weighted by molar-refractivity contribution is 14.1. The van der Waals surface area contributed by atoms with E-state index < -0.39 is 0 Å². The Morgan fingerprint density at radius 2 is 2.00 bits per heavy atom. The number of rotatable bonds is 5. The van der Waals surface area contributed by atoms with Crippen LogP contribution in [0.2, 0.25) is 0 Å². The Morgan fingerprint density at radius 3 is 2.75 bits per heavy atom. The molecule has 144 valence electrons. The summed E-state index contributed by atoms with van der Waals surface area (Å²) in [6, 6.07) is 15.7. The maximum Gasteiger partial charge on any atom is 0.162 e. The van der Waals surface area contributed by atoms with Crippen molar-refractivity contribution in [1.29, 1.82) is 0 Å². The van der Waals surface area contributed by atoms with Gasteiger partial charge in [-0.15, -0.1) is 0 Å². The molecule has 1 aliphatic heterocycles. The van der Waals surface area contributed by atoms with E-state index in [1.54, 1.807) is 13.3 Å². The van der Waals surface area contributed by atoms with Gasteiger partial charge in [-0.1, -0.05) is 18.2 Å². The largest absolute Gasteiger partial charge is 0.497 e. The van der Waals surface area contributed by atoms with E-state index in [2.05, 4.69) is 32.9 Å². The van der Waals surface area contributed by atoms with E-state index >= 15 is 0 Å². The van der Waals surface area contributed by atoms with E-state index in [9.17, 15) is 0 Å². The van der Waals surface area contributed by atoms with Crippen molar-refractivity contribution in [2.75, 3.05) is 24.8 Å². The minimum absolute atomic E-state index is 0.141. The number of ether oxygens (including phenoxy) is 3. The van der Waals surface area contributed by atoms with E-state index in [1.807, 2.05) is 48.5 Å². The van der Waals surface area contributed by atoms with Crippen molar-refractivity contribution in [1.82, 2.24) is 4.98 Å². The van der Waals surface area contributed by atoms with E-state index in [-0.39, 0.29) is 6.10 Å². The first-order valence-corrected chi connectivity index (χ1v) is 9.91. The number of pyridine rings is 1. The van der Waals surface area contributed by atoms with Crippen molar-refractivity contribution >= 4 is 34.1 Å². The third-order valence-electron chi connectivity index (χ3n) is 4.50. The van der Waals surface area contributed by atoms with Gasteiger partial charge in [-0.05, 0) is 64.0 Å². The molecule has 1 unspecified atom stereocenters. The maximum absolute atomic E-state index is 6.12. The van der Waals surface area contributed by atoms with Crippen molar-refractivity contribution in [3.8, 4) is 17.2 Å². The molecule has 4 rings (SSSR count). The van der Waals surface area contributed by atoms with Crippen molar-refractivity contribution in [2.24, 2.45) is 0 Å². The average molecular weight is 489 g/mol. The highest BCUT2D eigenvalue weighted by atomic mass is 127. The molecule has 6 nitrogen and oxygen atoms in total. The Morgan fingerprint density at radius 1 is 1.18 bits per heavy atom. The quantitative estimate of drug-likeness (QED) is 0.518. The van der Waals surface area contributed by atoms with Gasteiger partial charge < -0.3 is 25.3 Å². The Labute approximate surface area is 177 Å². The molecule has 0 fully saturated rings. The van der Waals surface area contributed by atoms with Crippen LogP contribution in [0.1, 0.15) is 17.2 Å². The lowest BCUT2D eigenvalue weighted by molar-refractivity contribution is 0.0911. The summed E-state index contributed by atoms with van der Waals surface area (Å²) in [5.41, 5.74) is 8.75. The highest BCUT2D eigenvalue weighted by Gasteiger charge is 2.23. The number of hydrogen-bond donors (Lipinski definition) is 2. The first-order chi connectivity index (χ1) is 13.6. The minimum atomic E-state index is -0.141. The van der Waals surface area contributed by atoms with Crippen molar-refractivity contribution in [2.45, 2.75) is 12.6 Å². The first kappa shape index (κ1) is 18.7. The van der Waals surface area contributed by atoms with Crippen LogP contribution in [0, 0.1) is 3.57 Å². The van der Waals surface area contributed by atoms with Crippen LogP contribution in [0.4, 0.5) is 11.5 Å². The zero-order valence-corrected chi connectivity index (χ0v) is 17.5. The fraction of sp³-hybridized carbons (Fsp3) is 0.190. The van der Waals surface area contributed by atoms with Gasteiger partial charge in [-0.25, -0.2) is 4.98 Å². The zero-order chi connectivity index (χ0) is 19.5. The number of fused-ring (bicyclic) bond motifs is 1. The molecule has 0 aliphatic carbocycles. The van der Waals surface area contributed by atoms with E-state index in [0.717, 1.165) is 31.9 Å². The number of nitrogens with one attached hydrogen (secondary N) is 1. The number of anilines is 2. The van der Waals surface area contributed by atoms with Gasteiger partial charge >= 0.3 is 0 Å². The van der Waals surface area contributed by atoms with Crippen LogP contribution in [-0.4, -0.2) is 18.7 Å². The Kier molecular flexibility index (Phi) is 5.43. The first-order valence-electron chi connectivity index (χ1n) is 8.83. The number of nitrogen functional groups attached to an aromatic ring is 1. The number of methoxy groups -OCH3 is 1. The number of nitrogens with two attached hydrogens (primary N) is 1. The molecule has 1 aliphatic rings. The molecule has 1 atom stereocenters. The van der Waals surface area contributed by atoms with E-state index in [1.165, 1.54) is 0 Å². The molecule has 0 saturated heterocycles. The minimum Gasteiger partial charge on any atom is -0.497 e. The zero-order valence-electron chi connectivity index (χ0n) is 15.3. The van der Waals surface area contributed by atoms with Crippen LogP contribution in [0.5, 0.6) is 17.2 Å². The molecule has 7 heteroatoms. The second kappa shape index (κ2) is 8.14. The lowest BCUT2D eigenvalue weighted by Crippen LogP contribution is -2.21. The standard InChI is InChI=1S/C21H20IN3O3/c1-26-16-5-3-14(4-6-16)20-12-27-19-8-13(2-7-18(19)28-20)10-24-21-17(23)9-15(22)11-25-21/h2-9,11,20H,10,12,23H2,1H3,(H,24,25). The molecular weight excluding hydrogens is 469 g/mol. The molecule has 0 saturated carbocycles. The Bertz CT molecular complexity index is 979. The molecule has 1 aromatic heterocycles. The number of aromatic nitrogens is 1. The van der Waals surface area contributed by atoms with Gasteiger partial charge in [0, 0.05) is 16.3 Å². The van der Waals surface area contributed by atoms with Crippen LogP contribution >= 0.6 is 22.6 Å². The molecule has 0 bridgehead atoms. The van der Waals surface area contributed by atoms with Gasteiger partial charge in [0.25, 0.3) is 0 Å². The number of nitrogens with zero attached hydrogens (tertiary/aromatic N) is 1. The van der Waals surface area contributed by atoms with Crippen molar-refractivity contribution in [3.05, 3.63) is 69.4 Å². The summed E-state index contributed by atoms with van der Waals surface area (Å²) in [7, 11) is 1.65. The summed E-state index contributed by atoms with van der Waals surface area (Å²) >= 11 is 2.19. The Hall–Kier alpha value is -2.68. The smallest absolute Gasteiger partial charge is 0.162 e. The average Bonchev–Trinajstić information content (AvgIpc) is 2.73. The van der Waals surface area contributed by atoms with Gasteiger partial charge in [-0.2, -0.15) is 0 Å². The summed E-state index contributed by atoms with van der Waals surface area (Å²) in [5, 5.41) is 3.26. The SMILES string of the molecule is COc1ccc(C2COc3cc(CNc4ncc(I)cc4N)ccc3O2)cc1. The monoisotopic (exact) mass is 489 g/mol. The van der Waals surface area contributed by atoms with Gasteiger partial charge in [-0.3, -0.25) is 0 Å². The summed E-state index contributed by atoms with van der Waals surface area (Å²) < 4.78 is 18.3. The van der Waals surface area contributed by atoms with Gasteiger partial charge in [0.05, 0.1) is 12.8 Å². The number of hydrogen-bond acceptors (Lipinski definition) is 6. The molecular formula is C21H20IN3O3. The van der Waals surface area contributed by atoms with Crippen LogP contribution < -0.4 is 25.3 Å². The number of benzene rings is 2. The fourth-order valence-electron chi connectivity index (χ4n) is 3.00. The molecule has 0 spiro atoms. The summed E-state index contributed by atoms with van der Waals surface area (Å²) in [4.78, 5) is 4.33. The maximum atomic E-state index is 6.12. The van der Waals surface area contributed by atoms with Crippen LogP contribution in [0.15, 0.2) is 54.7 Å². The highest BCUT2D eigenvalue weighted by Crippen LogP contribution is 2.37. The van der Waals surface area contributed by atoms with E-state index in [4.69, 9.17) is 19.9 Å². The molecule has 0 amide bonds. The van der Waals surface area contributed by atoms with Crippen LogP contribution in [0.3, 0.4) is 0 Å². The lowest BCUT2D eigenvalue weighted by atomic mass is 10.1. The molecule has 0 radical (unpaired) electrons. The molecule has 28 heavy (non-hydrogen) atoms. The summed E-state index contributed by atoms with van der Waals surface area (Å²) in [5.74, 6) is 2.98. The van der Waals surface area contributed by atoms with Gasteiger partial charge in [0.1, 0.15) is 18.2 Å². The molecule has 3 N–H and O–H groups in total. The van der Waals surface area contributed by atoms with Gasteiger partial charge in [0.15, 0.2) is 17.6 Å². The van der Waals surface area contributed by atoms with Crippen LogP contribution in [0.25, 0.3) is 0 Å². The lowest BCUT2D eigenvalue weighted by Gasteiger charge is -2.27. The van der Waals surface area contributed by atoms with Crippen molar-refractivity contribution < 1.29 is 14.2 Å². The predicted molar refractivity (Wildman–Crippen MR) is 117 cm³/mol. The topological polar surface area (TPSA) is 78.6 Å². The molecule has 2 heterocycles. The summed E-state index contributed by atoms with van der Waals surface area (Å²) in [6.07, 6.45) is 1.64. The normalized spacial score (nSPS) is 15.1. The number of halogens is 1. The second-order valence-corrected chi connectivity index (χ2v) is 7.66. The third kappa shape index (κ3) is 4.09. The third-order valence-corrected chi connectivity index (χ3v) is 5.09. The molecule has 3 aromatic rings. The van der Waals surface area contributed by atoms with Crippen LogP contribution in [-0.2, 0) is 6.54 Å².